The van der Waals surface area contributed by atoms with Crippen LogP contribution in [-0.2, 0) is 16.4 Å². The van der Waals surface area contributed by atoms with Gasteiger partial charge in [0.2, 0.25) is 0 Å². The quantitative estimate of drug-likeness (QED) is 0.842. The Kier molecular flexibility index (Phi) is 4.34. The number of carbonyl (C=O) groups excluding carboxylic acids is 1. The van der Waals surface area contributed by atoms with Crippen molar-refractivity contribution in [3.63, 3.8) is 0 Å². The number of thiophene rings is 1. The van der Waals surface area contributed by atoms with Gasteiger partial charge in [-0.15, -0.1) is 11.3 Å². The molecule has 3 N–H and O–H groups in total. The number of nitrogens with two attached hydrogens (primary N) is 1. The number of carbonyl (C=O) groups is 1. The number of rotatable bonds is 4. The predicted octanol–water partition coefficient (Wildman–Crippen LogP) is 1.97. The van der Waals surface area contributed by atoms with E-state index in [-0.39, 0.29) is 22.1 Å². The average Bonchev–Trinajstić information content (AvgIpc) is 2.80. The maximum atomic E-state index is 12.1. The van der Waals surface area contributed by atoms with Crippen molar-refractivity contribution in [1.82, 2.24) is 5.32 Å². The minimum atomic E-state index is -3.40. The molecule has 0 radical (unpaired) electrons. The van der Waals surface area contributed by atoms with Gasteiger partial charge in [-0.1, -0.05) is 0 Å². The van der Waals surface area contributed by atoms with Crippen LogP contribution in [0.3, 0.4) is 0 Å². The van der Waals surface area contributed by atoms with Crippen LogP contribution in [0.5, 0.6) is 0 Å². The zero-order chi connectivity index (χ0) is 15.6. The summed E-state index contributed by atoms with van der Waals surface area (Å²) in [7, 11) is -3.40. The number of benzene rings is 1. The van der Waals surface area contributed by atoms with E-state index in [1.54, 1.807) is 11.3 Å². The fourth-order valence-corrected chi connectivity index (χ4v) is 3.34. The van der Waals surface area contributed by atoms with Gasteiger partial charge in [-0.3, -0.25) is 4.79 Å². The molecule has 0 saturated heterocycles. The first-order valence-electron chi connectivity index (χ1n) is 6.20. The van der Waals surface area contributed by atoms with E-state index in [2.05, 4.69) is 5.32 Å². The van der Waals surface area contributed by atoms with Crippen molar-refractivity contribution in [2.45, 2.75) is 18.4 Å². The van der Waals surface area contributed by atoms with Crippen LogP contribution in [0, 0.1) is 6.92 Å². The van der Waals surface area contributed by atoms with E-state index in [0.29, 0.717) is 6.54 Å². The van der Waals surface area contributed by atoms with E-state index in [1.165, 1.54) is 23.1 Å². The van der Waals surface area contributed by atoms with Crippen molar-refractivity contribution in [3.8, 4) is 0 Å². The Balaban J connectivity index is 2.17. The molecule has 0 saturated carbocycles. The number of aryl methyl sites for hydroxylation is 1. The maximum absolute atomic E-state index is 12.1. The van der Waals surface area contributed by atoms with Crippen LogP contribution in [0.4, 0.5) is 5.69 Å². The standard InChI is InChI=1S/C14H16N2O3S2/c1-9-3-4-12(20-9)8-16-14(17)10-5-11(15)7-13(6-10)21(2,18)19/h3-7H,8,15H2,1-2H3,(H,16,17). The molecule has 5 nitrogen and oxygen atoms in total. The number of nitrogen functional groups attached to an aromatic ring is 1. The van der Waals surface area contributed by atoms with Crippen molar-refractivity contribution < 1.29 is 13.2 Å². The van der Waals surface area contributed by atoms with E-state index < -0.39 is 9.84 Å². The fraction of sp³-hybridized carbons (Fsp3) is 0.214. The zero-order valence-electron chi connectivity index (χ0n) is 11.7. The Morgan fingerprint density at radius 3 is 2.57 bits per heavy atom. The van der Waals surface area contributed by atoms with Gasteiger partial charge in [0.1, 0.15) is 0 Å². The van der Waals surface area contributed by atoms with Crippen LogP contribution in [0.25, 0.3) is 0 Å². The minimum Gasteiger partial charge on any atom is -0.399 e. The summed E-state index contributed by atoms with van der Waals surface area (Å²) >= 11 is 1.60. The highest BCUT2D eigenvalue weighted by atomic mass is 32.2. The van der Waals surface area contributed by atoms with Crippen LogP contribution in [0.1, 0.15) is 20.1 Å². The number of hydrogen-bond acceptors (Lipinski definition) is 5. The highest BCUT2D eigenvalue weighted by Crippen LogP contribution is 2.18. The summed E-state index contributed by atoms with van der Waals surface area (Å²) in [4.78, 5) is 14.3. The second-order valence-electron chi connectivity index (χ2n) is 4.76. The number of sulfone groups is 1. The van der Waals surface area contributed by atoms with Gasteiger partial charge >= 0.3 is 0 Å². The first-order chi connectivity index (χ1) is 9.75. The molecule has 2 rings (SSSR count). The molecule has 1 aromatic carbocycles. The highest BCUT2D eigenvalue weighted by molar-refractivity contribution is 7.90. The molecule has 0 aliphatic rings. The van der Waals surface area contributed by atoms with Gasteiger partial charge in [0.25, 0.3) is 5.91 Å². The van der Waals surface area contributed by atoms with E-state index >= 15 is 0 Å². The summed E-state index contributed by atoms with van der Waals surface area (Å²) in [5.74, 6) is -0.349. The zero-order valence-corrected chi connectivity index (χ0v) is 13.3. The van der Waals surface area contributed by atoms with Gasteiger partial charge in [-0.25, -0.2) is 8.42 Å². The van der Waals surface area contributed by atoms with Crippen LogP contribution in [0.15, 0.2) is 35.2 Å². The Bertz CT molecular complexity index is 779. The molecule has 1 amide bonds. The highest BCUT2D eigenvalue weighted by Gasteiger charge is 2.13. The Morgan fingerprint density at radius 1 is 1.29 bits per heavy atom. The van der Waals surface area contributed by atoms with E-state index in [0.717, 1.165) is 11.1 Å². The molecule has 0 spiro atoms. The maximum Gasteiger partial charge on any atom is 0.251 e. The molecule has 0 fully saturated rings. The lowest BCUT2D eigenvalue weighted by Gasteiger charge is -2.07. The molecule has 2 aromatic rings. The lowest BCUT2D eigenvalue weighted by Crippen LogP contribution is -2.22. The SMILES string of the molecule is Cc1ccc(CNC(=O)c2cc(N)cc(S(C)(=O)=O)c2)s1. The summed E-state index contributed by atoms with van der Waals surface area (Å²) in [6.45, 7) is 2.40. The molecule has 112 valence electrons. The monoisotopic (exact) mass is 324 g/mol. The van der Waals surface area contributed by atoms with Crippen molar-refractivity contribution in [1.29, 1.82) is 0 Å². The summed E-state index contributed by atoms with van der Waals surface area (Å²) in [6, 6.07) is 8.06. The van der Waals surface area contributed by atoms with Crippen molar-refractivity contribution >= 4 is 32.8 Å². The van der Waals surface area contributed by atoms with E-state index in [4.69, 9.17) is 5.73 Å². The molecule has 21 heavy (non-hydrogen) atoms. The van der Waals surface area contributed by atoms with Crippen LogP contribution in [-0.4, -0.2) is 20.6 Å². The van der Waals surface area contributed by atoms with Crippen molar-refractivity contribution in [3.05, 3.63) is 45.6 Å². The van der Waals surface area contributed by atoms with E-state index in [9.17, 15) is 13.2 Å². The molecular weight excluding hydrogens is 308 g/mol. The first-order valence-corrected chi connectivity index (χ1v) is 8.90. The number of anilines is 1. The number of hydrogen-bond donors (Lipinski definition) is 2. The molecule has 0 unspecified atom stereocenters. The lowest BCUT2D eigenvalue weighted by molar-refractivity contribution is 0.0951. The largest absolute Gasteiger partial charge is 0.399 e. The van der Waals surface area contributed by atoms with Crippen LogP contribution >= 0.6 is 11.3 Å². The van der Waals surface area contributed by atoms with Crippen LogP contribution < -0.4 is 11.1 Å². The van der Waals surface area contributed by atoms with Gasteiger partial charge in [0.05, 0.1) is 11.4 Å². The normalized spacial score (nSPS) is 11.3. The van der Waals surface area contributed by atoms with Gasteiger partial charge in [-0.05, 0) is 37.3 Å². The van der Waals surface area contributed by atoms with Crippen molar-refractivity contribution in [2.24, 2.45) is 0 Å². The third kappa shape index (κ3) is 4.05. The smallest absolute Gasteiger partial charge is 0.251 e. The molecule has 0 aliphatic heterocycles. The van der Waals surface area contributed by atoms with Gasteiger partial charge in [-0.2, -0.15) is 0 Å². The second-order valence-corrected chi connectivity index (χ2v) is 8.15. The van der Waals surface area contributed by atoms with Gasteiger partial charge in [0.15, 0.2) is 9.84 Å². The third-order valence-corrected chi connectivity index (χ3v) is 4.93. The second kappa shape index (κ2) is 5.87. The molecule has 0 aliphatic carbocycles. The van der Waals surface area contributed by atoms with Gasteiger partial charge in [0, 0.05) is 27.3 Å². The summed E-state index contributed by atoms with van der Waals surface area (Å²) in [5.41, 5.74) is 6.15. The van der Waals surface area contributed by atoms with E-state index in [1.807, 2.05) is 19.1 Å². The van der Waals surface area contributed by atoms with Crippen LogP contribution in [0.2, 0.25) is 0 Å². The van der Waals surface area contributed by atoms with Crippen molar-refractivity contribution in [2.75, 3.05) is 12.0 Å². The first kappa shape index (κ1) is 15.5. The molecular formula is C14H16N2O3S2. The minimum absolute atomic E-state index is 0.0413. The Morgan fingerprint density at radius 2 is 2.00 bits per heavy atom. The van der Waals surface area contributed by atoms with Gasteiger partial charge < -0.3 is 11.1 Å². The molecule has 0 bridgehead atoms. The number of nitrogens with one attached hydrogen (secondary N) is 1. The Hall–Kier alpha value is -1.86. The predicted molar refractivity (Wildman–Crippen MR) is 84.2 cm³/mol. The lowest BCUT2D eigenvalue weighted by atomic mass is 10.2. The summed E-state index contributed by atoms with van der Waals surface area (Å²) in [6.07, 6.45) is 1.08. The third-order valence-electron chi connectivity index (χ3n) is 2.84. The fourth-order valence-electron chi connectivity index (χ4n) is 1.82. The number of amides is 1. The average molecular weight is 324 g/mol. The summed E-state index contributed by atoms with van der Waals surface area (Å²) < 4.78 is 23.1. The Labute approximate surface area is 127 Å². The summed E-state index contributed by atoms with van der Waals surface area (Å²) in [5, 5.41) is 2.76. The molecule has 1 heterocycles. The molecule has 1 aromatic heterocycles. The topological polar surface area (TPSA) is 89.3 Å². The molecule has 0 atom stereocenters. The molecule has 7 heteroatoms.